The van der Waals surface area contributed by atoms with Gasteiger partial charge in [0.2, 0.25) is 5.82 Å². The third-order valence-corrected chi connectivity index (χ3v) is 3.20. The highest BCUT2D eigenvalue weighted by atomic mass is 19.1. The van der Waals surface area contributed by atoms with Crippen molar-refractivity contribution in [3.8, 4) is 5.75 Å². The summed E-state index contributed by atoms with van der Waals surface area (Å²) in [4.78, 5) is 42.9. The Bertz CT molecular complexity index is 917. The monoisotopic (exact) mass is 393 g/mol. The van der Waals surface area contributed by atoms with Crippen LogP contribution in [-0.2, 0) is 14.3 Å². The van der Waals surface area contributed by atoms with Gasteiger partial charge in [-0.15, -0.1) is 0 Å². The lowest BCUT2D eigenvalue weighted by Crippen LogP contribution is -2.23. The molecule has 0 saturated heterocycles. The maximum absolute atomic E-state index is 13.2. The van der Waals surface area contributed by atoms with E-state index in [1.807, 2.05) is 0 Å². The van der Waals surface area contributed by atoms with E-state index in [1.165, 1.54) is 24.3 Å². The summed E-state index contributed by atoms with van der Waals surface area (Å²) in [5.41, 5.74) is -1.00. The SMILES string of the molecule is O=C(COC(=O)COc1ccc([N+](=O)[O-])cc1)Nc1ccc(F)c([N+](=O)[O-])c1. The highest BCUT2D eigenvalue weighted by Crippen LogP contribution is 2.21. The number of nitro benzene ring substituents is 2. The Kier molecular flexibility index (Phi) is 6.52. The van der Waals surface area contributed by atoms with Gasteiger partial charge in [-0.05, 0) is 24.3 Å². The summed E-state index contributed by atoms with van der Waals surface area (Å²) in [5.74, 6) is -2.56. The first-order valence-corrected chi connectivity index (χ1v) is 7.53. The lowest BCUT2D eigenvalue weighted by atomic mass is 10.2. The highest BCUT2D eigenvalue weighted by molar-refractivity contribution is 5.93. The molecular weight excluding hydrogens is 381 g/mol. The van der Waals surface area contributed by atoms with Crippen molar-refractivity contribution in [2.75, 3.05) is 18.5 Å². The van der Waals surface area contributed by atoms with Crippen LogP contribution in [0.5, 0.6) is 5.75 Å². The number of hydrogen-bond donors (Lipinski definition) is 1. The summed E-state index contributed by atoms with van der Waals surface area (Å²) < 4.78 is 23.0. The van der Waals surface area contributed by atoms with Gasteiger partial charge in [0, 0.05) is 23.9 Å². The Labute approximate surface area is 156 Å². The molecule has 12 heteroatoms. The number of nitro groups is 2. The second-order valence-corrected chi connectivity index (χ2v) is 5.17. The first kappa shape index (κ1) is 20.2. The molecule has 0 bridgehead atoms. The molecule has 11 nitrogen and oxygen atoms in total. The van der Waals surface area contributed by atoms with E-state index < -0.39 is 46.4 Å². The number of ether oxygens (including phenoxy) is 2. The fourth-order valence-electron chi connectivity index (χ4n) is 1.92. The van der Waals surface area contributed by atoms with Crippen LogP contribution in [0.25, 0.3) is 0 Å². The number of nitrogens with one attached hydrogen (secondary N) is 1. The molecule has 2 rings (SSSR count). The Morgan fingerprint density at radius 3 is 2.29 bits per heavy atom. The lowest BCUT2D eigenvalue weighted by molar-refractivity contribution is -0.387. The van der Waals surface area contributed by atoms with Crippen LogP contribution >= 0.6 is 0 Å². The highest BCUT2D eigenvalue weighted by Gasteiger charge is 2.16. The van der Waals surface area contributed by atoms with E-state index >= 15 is 0 Å². The topological polar surface area (TPSA) is 151 Å². The molecular formula is C16H12FN3O8. The number of hydrogen-bond acceptors (Lipinski definition) is 8. The molecule has 0 saturated carbocycles. The molecule has 146 valence electrons. The van der Waals surface area contributed by atoms with Crippen molar-refractivity contribution in [2.24, 2.45) is 0 Å². The van der Waals surface area contributed by atoms with Crippen molar-refractivity contribution in [3.05, 3.63) is 68.5 Å². The Morgan fingerprint density at radius 1 is 1.00 bits per heavy atom. The fraction of sp³-hybridized carbons (Fsp3) is 0.125. The van der Waals surface area contributed by atoms with Crippen LogP contribution in [-0.4, -0.2) is 34.9 Å². The van der Waals surface area contributed by atoms with Crippen molar-refractivity contribution in [1.29, 1.82) is 0 Å². The molecule has 1 N–H and O–H groups in total. The van der Waals surface area contributed by atoms with Crippen molar-refractivity contribution in [1.82, 2.24) is 0 Å². The molecule has 0 aliphatic heterocycles. The van der Waals surface area contributed by atoms with E-state index in [0.717, 1.165) is 18.2 Å². The van der Waals surface area contributed by atoms with E-state index in [2.05, 4.69) is 10.1 Å². The summed E-state index contributed by atoms with van der Waals surface area (Å²) in [6, 6.07) is 7.72. The second kappa shape index (κ2) is 9.02. The maximum atomic E-state index is 13.2. The molecule has 1 amide bonds. The van der Waals surface area contributed by atoms with Crippen LogP contribution in [0.2, 0.25) is 0 Å². The Hall–Kier alpha value is -4.09. The van der Waals surface area contributed by atoms with Gasteiger partial charge in [0.05, 0.1) is 9.85 Å². The average Bonchev–Trinajstić information content (AvgIpc) is 2.66. The number of non-ortho nitro benzene ring substituents is 1. The molecule has 0 unspecified atom stereocenters. The summed E-state index contributed by atoms with van der Waals surface area (Å²) in [6.07, 6.45) is 0. The number of halogens is 1. The van der Waals surface area contributed by atoms with Gasteiger partial charge in [0.1, 0.15) is 5.75 Å². The number of esters is 1. The summed E-state index contributed by atoms with van der Waals surface area (Å²) in [6.45, 7) is -1.25. The number of rotatable bonds is 8. The van der Waals surface area contributed by atoms with Gasteiger partial charge < -0.3 is 14.8 Å². The maximum Gasteiger partial charge on any atom is 0.344 e. The molecule has 0 atom stereocenters. The van der Waals surface area contributed by atoms with Gasteiger partial charge in [0.25, 0.3) is 11.6 Å². The van der Waals surface area contributed by atoms with Gasteiger partial charge >= 0.3 is 11.7 Å². The largest absolute Gasteiger partial charge is 0.482 e. The minimum absolute atomic E-state index is 0.0451. The van der Waals surface area contributed by atoms with E-state index in [4.69, 9.17) is 4.74 Å². The molecule has 0 radical (unpaired) electrons. The molecule has 0 aromatic heterocycles. The zero-order valence-corrected chi connectivity index (χ0v) is 14.0. The number of benzene rings is 2. The van der Waals surface area contributed by atoms with Crippen LogP contribution in [0.3, 0.4) is 0 Å². The molecule has 2 aromatic carbocycles. The zero-order valence-electron chi connectivity index (χ0n) is 14.0. The quantitative estimate of drug-likeness (QED) is 0.407. The first-order valence-electron chi connectivity index (χ1n) is 7.53. The average molecular weight is 393 g/mol. The van der Waals surface area contributed by atoms with Crippen LogP contribution in [0.15, 0.2) is 42.5 Å². The van der Waals surface area contributed by atoms with Gasteiger partial charge in [-0.2, -0.15) is 4.39 Å². The molecule has 0 heterocycles. The predicted octanol–water partition coefficient (Wildman–Crippen LogP) is 2.20. The summed E-state index contributed by atoms with van der Waals surface area (Å²) in [5, 5.41) is 23.4. The minimum Gasteiger partial charge on any atom is -0.482 e. The minimum atomic E-state index is -1.06. The summed E-state index contributed by atoms with van der Waals surface area (Å²) >= 11 is 0. The second-order valence-electron chi connectivity index (χ2n) is 5.17. The van der Waals surface area contributed by atoms with E-state index in [1.54, 1.807) is 0 Å². The van der Waals surface area contributed by atoms with E-state index in [9.17, 15) is 34.2 Å². The molecule has 0 aliphatic carbocycles. The van der Waals surface area contributed by atoms with E-state index in [0.29, 0.717) is 0 Å². The van der Waals surface area contributed by atoms with Crippen molar-refractivity contribution < 1.29 is 33.3 Å². The first-order chi connectivity index (χ1) is 13.3. The number of nitrogens with zero attached hydrogens (tertiary/aromatic N) is 2. The molecule has 0 spiro atoms. The standard InChI is InChI=1S/C16H12FN3O8/c17-13-6-1-10(7-14(13)20(25)26)18-15(21)8-28-16(22)9-27-12-4-2-11(3-5-12)19(23)24/h1-7H,8-9H2,(H,18,21). The third-order valence-electron chi connectivity index (χ3n) is 3.20. The number of carbonyl (C=O) groups excluding carboxylic acids is 2. The lowest BCUT2D eigenvalue weighted by Gasteiger charge is -2.08. The van der Waals surface area contributed by atoms with Gasteiger partial charge in [-0.25, -0.2) is 4.79 Å². The van der Waals surface area contributed by atoms with Gasteiger partial charge in [-0.3, -0.25) is 25.0 Å². The van der Waals surface area contributed by atoms with Gasteiger partial charge in [0.15, 0.2) is 13.2 Å². The molecule has 0 fully saturated rings. The number of anilines is 1. The molecule has 28 heavy (non-hydrogen) atoms. The zero-order chi connectivity index (χ0) is 20.7. The van der Waals surface area contributed by atoms with Crippen LogP contribution in [0.4, 0.5) is 21.5 Å². The fourth-order valence-corrected chi connectivity index (χ4v) is 1.92. The molecule has 2 aromatic rings. The van der Waals surface area contributed by atoms with Crippen LogP contribution < -0.4 is 10.1 Å². The Morgan fingerprint density at radius 2 is 1.68 bits per heavy atom. The van der Waals surface area contributed by atoms with Crippen molar-refractivity contribution in [2.45, 2.75) is 0 Å². The van der Waals surface area contributed by atoms with Crippen LogP contribution in [0.1, 0.15) is 0 Å². The Balaban J connectivity index is 1.79. The summed E-state index contributed by atoms with van der Waals surface area (Å²) in [7, 11) is 0. The normalized spacial score (nSPS) is 10.0. The number of carbonyl (C=O) groups is 2. The van der Waals surface area contributed by atoms with Crippen LogP contribution in [0, 0.1) is 26.0 Å². The smallest absolute Gasteiger partial charge is 0.344 e. The third kappa shape index (κ3) is 5.72. The van der Waals surface area contributed by atoms with Gasteiger partial charge in [-0.1, -0.05) is 0 Å². The predicted molar refractivity (Wildman–Crippen MR) is 91.2 cm³/mol. The van der Waals surface area contributed by atoms with Crippen molar-refractivity contribution in [3.63, 3.8) is 0 Å². The molecule has 0 aliphatic rings. The van der Waals surface area contributed by atoms with Crippen molar-refractivity contribution >= 4 is 28.9 Å². The number of amides is 1. The van der Waals surface area contributed by atoms with E-state index in [-0.39, 0.29) is 17.1 Å².